The fourth-order valence-corrected chi connectivity index (χ4v) is 2.63. The van der Waals surface area contributed by atoms with Crippen LogP contribution in [0.25, 0.3) is 0 Å². The second-order valence-electron chi connectivity index (χ2n) is 5.30. The molecule has 1 aromatic rings. The van der Waals surface area contributed by atoms with Gasteiger partial charge in [0.1, 0.15) is 0 Å². The zero-order chi connectivity index (χ0) is 14.6. The van der Waals surface area contributed by atoms with E-state index in [1.807, 2.05) is 30.3 Å². The predicted molar refractivity (Wildman–Crippen MR) is 69.5 cm³/mol. The SMILES string of the molecule is O=C(O)C1CCC(F)(F)CC1COCc1ccccc1. The van der Waals surface area contributed by atoms with Gasteiger partial charge in [0.05, 0.1) is 19.1 Å². The van der Waals surface area contributed by atoms with E-state index in [0.717, 1.165) is 5.56 Å². The molecule has 0 spiro atoms. The molecule has 1 fully saturated rings. The molecule has 0 radical (unpaired) electrons. The Bertz CT molecular complexity index is 448. The molecule has 0 amide bonds. The van der Waals surface area contributed by atoms with Crippen LogP contribution in [0.1, 0.15) is 24.8 Å². The van der Waals surface area contributed by atoms with E-state index in [2.05, 4.69) is 0 Å². The van der Waals surface area contributed by atoms with Crippen LogP contribution in [0, 0.1) is 11.8 Å². The first-order valence-electron chi connectivity index (χ1n) is 6.70. The molecule has 110 valence electrons. The van der Waals surface area contributed by atoms with Gasteiger partial charge in [-0.05, 0) is 12.0 Å². The quantitative estimate of drug-likeness (QED) is 0.902. The van der Waals surface area contributed by atoms with Crippen molar-refractivity contribution in [3.8, 4) is 0 Å². The van der Waals surface area contributed by atoms with Gasteiger partial charge in [-0.2, -0.15) is 0 Å². The molecule has 3 nitrogen and oxygen atoms in total. The van der Waals surface area contributed by atoms with Gasteiger partial charge in [0.15, 0.2) is 0 Å². The van der Waals surface area contributed by atoms with Gasteiger partial charge in [-0.1, -0.05) is 30.3 Å². The number of rotatable bonds is 5. The number of aliphatic carboxylic acids is 1. The van der Waals surface area contributed by atoms with Gasteiger partial charge in [0.2, 0.25) is 5.92 Å². The van der Waals surface area contributed by atoms with Gasteiger partial charge in [-0.25, -0.2) is 8.78 Å². The maximum Gasteiger partial charge on any atom is 0.306 e. The molecule has 1 aliphatic carbocycles. The molecule has 2 rings (SSSR count). The third-order valence-electron chi connectivity index (χ3n) is 3.71. The molecule has 1 aromatic carbocycles. The summed E-state index contributed by atoms with van der Waals surface area (Å²) in [5.41, 5.74) is 0.946. The molecule has 1 N–H and O–H groups in total. The van der Waals surface area contributed by atoms with Gasteiger partial charge < -0.3 is 9.84 Å². The van der Waals surface area contributed by atoms with Crippen molar-refractivity contribution >= 4 is 5.97 Å². The van der Waals surface area contributed by atoms with Crippen molar-refractivity contribution in [2.45, 2.75) is 31.8 Å². The van der Waals surface area contributed by atoms with Crippen molar-refractivity contribution in [3.05, 3.63) is 35.9 Å². The van der Waals surface area contributed by atoms with Crippen LogP contribution in [-0.2, 0) is 16.1 Å². The van der Waals surface area contributed by atoms with Gasteiger partial charge >= 0.3 is 5.97 Å². The third-order valence-corrected chi connectivity index (χ3v) is 3.71. The van der Waals surface area contributed by atoms with E-state index in [1.54, 1.807) is 0 Å². The Morgan fingerprint density at radius 1 is 1.35 bits per heavy atom. The molecule has 20 heavy (non-hydrogen) atoms. The van der Waals surface area contributed by atoms with Gasteiger partial charge in [0.25, 0.3) is 0 Å². The highest BCUT2D eigenvalue weighted by molar-refractivity contribution is 5.70. The van der Waals surface area contributed by atoms with Crippen LogP contribution in [0.2, 0.25) is 0 Å². The summed E-state index contributed by atoms with van der Waals surface area (Å²) < 4.78 is 32.2. The zero-order valence-electron chi connectivity index (χ0n) is 11.1. The maximum absolute atomic E-state index is 13.4. The lowest BCUT2D eigenvalue weighted by Gasteiger charge is -2.33. The van der Waals surface area contributed by atoms with Gasteiger partial charge in [-0.15, -0.1) is 0 Å². The first kappa shape index (κ1) is 14.9. The fraction of sp³-hybridized carbons (Fsp3) is 0.533. The topological polar surface area (TPSA) is 46.5 Å². The fourth-order valence-electron chi connectivity index (χ4n) is 2.63. The number of ether oxygens (including phenoxy) is 1. The molecule has 2 atom stereocenters. The number of carboxylic acid groups (broad SMARTS) is 1. The van der Waals surface area contributed by atoms with Crippen LogP contribution in [0.4, 0.5) is 8.78 Å². The standard InChI is InChI=1S/C15H18F2O3/c16-15(17)7-6-13(14(18)19)12(8-15)10-20-9-11-4-2-1-3-5-11/h1-5,12-13H,6-10H2,(H,18,19). The molecule has 1 aliphatic rings. The first-order valence-corrected chi connectivity index (χ1v) is 6.70. The Morgan fingerprint density at radius 3 is 2.70 bits per heavy atom. The maximum atomic E-state index is 13.4. The number of alkyl halides is 2. The number of carbonyl (C=O) groups is 1. The molecule has 5 heteroatoms. The Labute approximate surface area is 116 Å². The van der Waals surface area contributed by atoms with Crippen LogP contribution in [0.5, 0.6) is 0 Å². The number of hydrogen-bond donors (Lipinski definition) is 1. The average Bonchev–Trinajstić information content (AvgIpc) is 2.38. The van der Waals surface area contributed by atoms with Crippen LogP contribution in [-0.4, -0.2) is 23.6 Å². The summed E-state index contributed by atoms with van der Waals surface area (Å²) in [6.07, 6.45) is -0.737. The van der Waals surface area contributed by atoms with Gasteiger partial charge in [0, 0.05) is 18.8 Å². The summed E-state index contributed by atoms with van der Waals surface area (Å²) in [6, 6.07) is 9.38. The highest BCUT2D eigenvalue weighted by atomic mass is 19.3. The van der Waals surface area contributed by atoms with E-state index < -0.39 is 30.1 Å². The van der Waals surface area contributed by atoms with Crippen molar-refractivity contribution in [2.75, 3.05) is 6.61 Å². The van der Waals surface area contributed by atoms with Crippen molar-refractivity contribution in [1.29, 1.82) is 0 Å². The minimum absolute atomic E-state index is 0.0156. The van der Waals surface area contributed by atoms with E-state index in [-0.39, 0.29) is 19.4 Å². The van der Waals surface area contributed by atoms with Crippen LogP contribution < -0.4 is 0 Å². The normalized spacial score (nSPS) is 25.3. The Hall–Kier alpha value is -1.49. The molecular weight excluding hydrogens is 266 g/mol. The molecule has 0 bridgehead atoms. The average molecular weight is 284 g/mol. The Morgan fingerprint density at radius 2 is 2.05 bits per heavy atom. The lowest BCUT2D eigenvalue weighted by Crippen LogP contribution is -2.38. The third kappa shape index (κ3) is 4.00. The van der Waals surface area contributed by atoms with Crippen LogP contribution in [0.15, 0.2) is 30.3 Å². The van der Waals surface area contributed by atoms with E-state index in [9.17, 15) is 13.6 Å². The molecule has 1 saturated carbocycles. The smallest absolute Gasteiger partial charge is 0.306 e. The second-order valence-corrected chi connectivity index (χ2v) is 5.30. The highest BCUT2D eigenvalue weighted by Gasteiger charge is 2.44. The molecule has 2 unspecified atom stereocenters. The lowest BCUT2D eigenvalue weighted by molar-refractivity contribution is -0.153. The summed E-state index contributed by atoms with van der Waals surface area (Å²) in [5.74, 6) is -5.13. The summed E-state index contributed by atoms with van der Waals surface area (Å²) in [6.45, 7) is 0.372. The lowest BCUT2D eigenvalue weighted by atomic mass is 9.78. The number of carboxylic acids is 1. The molecule has 0 saturated heterocycles. The zero-order valence-corrected chi connectivity index (χ0v) is 11.1. The van der Waals surface area contributed by atoms with Crippen molar-refractivity contribution in [3.63, 3.8) is 0 Å². The molecular formula is C15H18F2O3. The largest absolute Gasteiger partial charge is 0.481 e. The van der Waals surface area contributed by atoms with E-state index >= 15 is 0 Å². The van der Waals surface area contributed by atoms with Crippen LogP contribution in [0.3, 0.4) is 0 Å². The monoisotopic (exact) mass is 284 g/mol. The van der Waals surface area contributed by atoms with Crippen LogP contribution >= 0.6 is 0 Å². The summed E-state index contributed by atoms with van der Waals surface area (Å²) in [5, 5.41) is 9.09. The summed E-state index contributed by atoms with van der Waals surface area (Å²) in [4.78, 5) is 11.1. The predicted octanol–water partition coefficient (Wildman–Crippen LogP) is 3.34. The number of halogens is 2. The van der Waals surface area contributed by atoms with E-state index in [4.69, 9.17) is 9.84 Å². The van der Waals surface area contributed by atoms with Crippen molar-refractivity contribution in [2.24, 2.45) is 11.8 Å². The van der Waals surface area contributed by atoms with E-state index in [0.29, 0.717) is 6.61 Å². The second kappa shape index (κ2) is 6.31. The Balaban J connectivity index is 1.89. The number of benzene rings is 1. The first-order chi connectivity index (χ1) is 9.48. The molecule has 0 heterocycles. The molecule has 0 aromatic heterocycles. The summed E-state index contributed by atoms with van der Waals surface area (Å²) in [7, 11) is 0. The summed E-state index contributed by atoms with van der Waals surface area (Å²) >= 11 is 0. The Kier molecular flexibility index (Phi) is 4.70. The van der Waals surface area contributed by atoms with E-state index in [1.165, 1.54) is 0 Å². The number of hydrogen-bond acceptors (Lipinski definition) is 2. The minimum atomic E-state index is -2.77. The van der Waals surface area contributed by atoms with Gasteiger partial charge in [-0.3, -0.25) is 4.79 Å². The highest BCUT2D eigenvalue weighted by Crippen LogP contribution is 2.40. The molecule has 0 aliphatic heterocycles. The van der Waals surface area contributed by atoms with Crippen molar-refractivity contribution < 1.29 is 23.4 Å². The van der Waals surface area contributed by atoms with Crippen molar-refractivity contribution in [1.82, 2.24) is 0 Å². The minimum Gasteiger partial charge on any atom is -0.481 e.